The maximum absolute atomic E-state index is 12.1. The molecule has 2 amide bonds. The number of carbonyl (C=O) groups is 2. The van der Waals surface area contributed by atoms with Gasteiger partial charge >= 0.3 is 0 Å². The molecule has 4 N–H and O–H groups in total. The number of amides is 2. The number of rotatable bonds is 7. The Morgan fingerprint density at radius 2 is 1.96 bits per heavy atom. The van der Waals surface area contributed by atoms with Crippen molar-refractivity contribution in [2.75, 3.05) is 6.54 Å². The summed E-state index contributed by atoms with van der Waals surface area (Å²) in [6, 6.07) is 0.318. The van der Waals surface area contributed by atoms with Crippen LogP contribution in [-0.4, -0.2) is 40.2 Å². The third-order valence-corrected chi connectivity index (χ3v) is 4.90. The van der Waals surface area contributed by atoms with Crippen molar-refractivity contribution in [1.29, 1.82) is 0 Å². The van der Waals surface area contributed by atoms with E-state index in [0.29, 0.717) is 18.0 Å². The standard InChI is InChI=1S/C17H27N5O2.ClH/c18-15(12-6-7-12)9-19-17(24)13-8-20-22(10-13)11-16(23)21-14-4-2-1-3-5-14;/h8,10,12,14-15H,1-7,9,11,18H2,(H,19,24)(H,21,23);1H. The molecule has 25 heavy (non-hydrogen) atoms. The van der Waals surface area contributed by atoms with E-state index >= 15 is 0 Å². The molecule has 140 valence electrons. The molecule has 0 radical (unpaired) electrons. The van der Waals surface area contributed by atoms with Crippen molar-refractivity contribution in [1.82, 2.24) is 20.4 Å². The lowest BCUT2D eigenvalue weighted by Gasteiger charge is -2.22. The molecule has 3 rings (SSSR count). The third kappa shape index (κ3) is 6.01. The monoisotopic (exact) mass is 369 g/mol. The third-order valence-electron chi connectivity index (χ3n) is 4.90. The summed E-state index contributed by atoms with van der Waals surface area (Å²) in [6.45, 7) is 0.627. The zero-order chi connectivity index (χ0) is 16.9. The van der Waals surface area contributed by atoms with Crippen LogP contribution in [0.5, 0.6) is 0 Å². The zero-order valence-electron chi connectivity index (χ0n) is 14.4. The minimum atomic E-state index is -0.190. The van der Waals surface area contributed by atoms with Gasteiger partial charge in [-0.15, -0.1) is 12.4 Å². The van der Waals surface area contributed by atoms with Crippen LogP contribution in [-0.2, 0) is 11.3 Å². The fourth-order valence-electron chi connectivity index (χ4n) is 3.24. The van der Waals surface area contributed by atoms with E-state index in [1.54, 1.807) is 6.20 Å². The average Bonchev–Trinajstić information content (AvgIpc) is 3.33. The number of nitrogens with zero attached hydrogens (tertiary/aromatic N) is 2. The van der Waals surface area contributed by atoms with Gasteiger partial charge in [0.25, 0.3) is 5.91 Å². The number of nitrogens with one attached hydrogen (secondary N) is 2. The smallest absolute Gasteiger partial charge is 0.254 e. The van der Waals surface area contributed by atoms with E-state index in [2.05, 4.69) is 15.7 Å². The summed E-state index contributed by atoms with van der Waals surface area (Å²) >= 11 is 0. The Hall–Kier alpha value is -1.60. The highest BCUT2D eigenvalue weighted by Crippen LogP contribution is 2.31. The molecule has 0 aliphatic heterocycles. The Morgan fingerprint density at radius 3 is 2.64 bits per heavy atom. The van der Waals surface area contributed by atoms with Crippen LogP contribution >= 0.6 is 12.4 Å². The molecular formula is C17H28ClN5O2. The molecule has 0 bridgehead atoms. The van der Waals surface area contributed by atoms with Crippen LogP contribution in [0.4, 0.5) is 0 Å². The average molecular weight is 370 g/mol. The zero-order valence-corrected chi connectivity index (χ0v) is 15.3. The Kier molecular flexibility index (Phi) is 7.25. The molecule has 2 fully saturated rings. The Balaban J connectivity index is 0.00000225. The number of aromatic nitrogens is 2. The van der Waals surface area contributed by atoms with E-state index in [-0.39, 0.29) is 42.8 Å². The Morgan fingerprint density at radius 1 is 1.24 bits per heavy atom. The molecule has 0 saturated heterocycles. The normalized spacial score (nSPS) is 18.9. The number of hydrogen-bond acceptors (Lipinski definition) is 4. The topological polar surface area (TPSA) is 102 Å². The fraction of sp³-hybridized carbons (Fsp3) is 0.706. The largest absolute Gasteiger partial charge is 0.352 e. The maximum Gasteiger partial charge on any atom is 0.254 e. The van der Waals surface area contributed by atoms with Gasteiger partial charge in [-0.05, 0) is 31.6 Å². The Labute approximate surface area is 154 Å². The van der Waals surface area contributed by atoms with Gasteiger partial charge in [0.05, 0.1) is 11.8 Å². The molecule has 1 atom stereocenters. The van der Waals surface area contributed by atoms with Crippen LogP contribution in [0.2, 0.25) is 0 Å². The predicted molar refractivity (Wildman–Crippen MR) is 97.5 cm³/mol. The van der Waals surface area contributed by atoms with Crippen molar-refractivity contribution in [3.8, 4) is 0 Å². The second-order valence-corrected chi connectivity index (χ2v) is 7.04. The summed E-state index contributed by atoms with van der Waals surface area (Å²) in [5, 5.41) is 9.99. The molecule has 0 spiro atoms. The molecule has 2 aliphatic rings. The predicted octanol–water partition coefficient (Wildman–Crippen LogP) is 1.22. The van der Waals surface area contributed by atoms with Gasteiger partial charge in [0, 0.05) is 24.8 Å². The van der Waals surface area contributed by atoms with E-state index in [1.807, 2.05) is 0 Å². The first-order valence-electron chi connectivity index (χ1n) is 8.97. The molecule has 1 unspecified atom stereocenters. The summed E-state index contributed by atoms with van der Waals surface area (Å²) in [7, 11) is 0. The van der Waals surface area contributed by atoms with Gasteiger partial charge in [-0.1, -0.05) is 19.3 Å². The molecule has 1 aromatic rings. The van der Waals surface area contributed by atoms with Gasteiger partial charge in [0.15, 0.2) is 0 Å². The van der Waals surface area contributed by atoms with E-state index in [9.17, 15) is 9.59 Å². The lowest BCUT2D eigenvalue weighted by Crippen LogP contribution is -2.38. The summed E-state index contributed by atoms with van der Waals surface area (Å²) in [6.07, 6.45) is 11.1. The van der Waals surface area contributed by atoms with Gasteiger partial charge < -0.3 is 16.4 Å². The van der Waals surface area contributed by atoms with Gasteiger partial charge in [-0.2, -0.15) is 5.10 Å². The van der Waals surface area contributed by atoms with Crippen LogP contribution in [0.15, 0.2) is 12.4 Å². The lowest BCUT2D eigenvalue weighted by molar-refractivity contribution is -0.122. The van der Waals surface area contributed by atoms with Crippen LogP contribution in [0, 0.1) is 5.92 Å². The first kappa shape index (κ1) is 19.7. The van der Waals surface area contributed by atoms with Crippen LogP contribution in [0.1, 0.15) is 55.3 Å². The van der Waals surface area contributed by atoms with E-state index in [4.69, 9.17) is 5.73 Å². The number of hydrogen-bond donors (Lipinski definition) is 3. The molecule has 8 heteroatoms. The first-order chi connectivity index (χ1) is 11.6. The van der Waals surface area contributed by atoms with Crippen molar-refractivity contribution in [2.24, 2.45) is 11.7 Å². The van der Waals surface area contributed by atoms with Crippen molar-refractivity contribution in [3.63, 3.8) is 0 Å². The molecule has 0 aromatic carbocycles. The van der Waals surface area contributed by atoms with E-state index in [1.165, 1.54) is 30.1 Å². The molecule has 1 heterocycles. The second kappa shape index (κ2) is 9.20. The maximum atomic E-state index is 12.1. The van der Waals surface area contributed by atoms with E-state index < -0.39 is 0 Å². The fourth-order valence-corrected chi connectivity index (χ4v) is 3.24. The quantitative estimate of drug-likeness (QED) is 0.672. The highest BCUT2D eigenvalue weighted by molar-refractivity contribution is 5.93. The van der Waals surface area contributed by atoms with Crippen molar-refractivity contribution in [2.45, 2.75) is 63.6 Å². The minimum absolute atomic E-state index is 0. The van der Waals surface area contributed by atoms with Crippen LogP contribution < -0.4 is 16.4 Å². The van der Waals surface area contributed by atoms with Crippen molar-refractivity contribution < 1.29 is 9.59 Å². The van der Waals surface area contributed by atoms with Crippen molar-refractivity contribution >= 4 is 24.2 Å². The van der Waals surface area contributed by atoms with Crippen molar-refractivity contribution in [3.05, 3.63) is 18.0 Å². The minimum Gasteiger partial charge on any atom is -0.352 e. The number of halogens is 1. The number of carbonyl (C=O) groups excluding carboxylic acids is 2. The summed E-state index contributed by atoms with van der Waals surface area (Å²) in [5.74, 6) is 0.314. The van der Waals surface area contributed by atoms with Gasteiger partial charge in [0.1, 0.15) is 6.54 Å². The molecule has 1 aromatic heterocycles. The van der Waals surface area contributed by atoms with Crippen LogP contribution in [0.3, 0.4) is 0 Å². The first-order valence-corrected chi connectivity index (χ1v) is 8.97. The second-order valence-electron chi connectivity index (χ2n) is 7.04. The molecular weight excluding hydrogens is 342 g/mol. The van der Waals surface area contributed by atoms with Gasteiger partial charge in [-0.3, -0.25) is 14.3 Å². The summed E-state index contributed by atoms with van der Waals surface area (Å²) in [5.41, 5.74) is 6.44. The SMILES string of the molecule is Cl.NC(CNC(=O)c1cnn(CC(=O)NC2CCCCC2)c1)C1CC1. The van der Waals surface area contributed by atoms with Gasteiger partial charge in [0.2, 0.25) is 5.91 Å². The highest BCUT2D eigenvalue weighted by Gasteiger charge is 2.28. The Bertz CT molecular complexity index is 581. The molecule has 2 saturated carbocycles. The van der Waals surface area contributed by atoms with Gasteiger partial charge in [-0.25, -0.2) is 0 Å². The molecule has 2 aliphatic carbocycles. The highest BCUT2D eigenvalue weighted by atomic mass is 35.5. The van der Waals surface area contributed by atoms with Crippen LogP contribution in [0.25, 0.3) is 0 Å². The molecule has 7 nitrogen and oxygen atoms in total. The number of nitrogens with two attached hydrogens (primary N) is 1. The summed E-state index contributed by atoms with van der Waals surface area (Å²) < 4.78 is 1.51. The van der Waals surface area contributed by atoms with E-state index in [0.717, 1.165) is 25.7 Å². The lowest BCUT2D eigenvalue weighted by atomic mass is 9.95. The summed E-state index contributed by atoms with van der Waals surface area (Å²) in [4.78, 5) is 24.2.